The summed E-state index contributed by atoms with van der Waals surface area (Å²) in [4.78, 5) is 1.89. The number of nitrogens with zero attached hydrogens (tertiary/aromatic N) is 1. The third-order valence-corrected chi connectivity index (χ3v) is 6.70. The van der Waals surface area contributed by atoms with E-state index < -0.39 is 9.84 Å². The molecule has 2 unspecified atom stereocenters. The van der Waals surface area contributed by atoms with Gasteiger partial charge in [-0.3, -0.25) is 5.41 Å². The van der Waals surface area contributed by atoms with E-state index in [-0.39, 0.29) is 22.8 Å². The van der Waals surface area contributed by atoms with Crippen LogP contribution in [0, 0.1) is 19.3 Å². The van der Waals surface area contributed by atoms with E-state index in [2.05, 4.69) is 6.07 Å². The molecule has 0 radical (unpaired) electrons. The van der Waals surface area contributed by atoms with E-state index in [0.29, 0.717) is 5.17 Å². The number of hydrogen-bond donors (Lipinski definition) is 1. The minimum absolute atomic E-state index is 0.0123. The maximum atomic E-state index is 11.8. The van der Waals surface area contributed by atoms with Crippen molar-refractivity contribution >= 4 is 32.5 Å². The fraction of sp³-hybridized carbons (Fsp3) is 0.462. The van der Waals surface area contributed by atoms with Crippen molar-refractivity contribution in [1.29, 1.82) is 5.41 Å². The Kier molecular flexibility index (Phi) is 2.90. The van der Waals surface area contributed by atoms with Crippen molar-refractivity contribution in [2.75, 3.05) is 16.4 Å². The molecule has 1 aromatic carbocycles. The molecule has 0 bridgehead atoms. The molecule has 1 aromatic rings. The molecule has 6 heteroatoms. The lowest BCUT2D eigenvalue weighted by molar-refractivity contribution is 0.601. The van der Waals surface area contributed by atoms with E-state index in [0.717, 1.165) is 16.8 Å². The number of fused-ring (bicyclic) bond motifs is 1. The smallest absolute Gasteiger partial charge is 0.161 e. The molecule has 1 N–H and O–H groups in total. The highest BCUT2D eigenvalue weighted by atomic mass is 32.2. The molecule has 2 saturated heterocycles. The monoisotopic (exact) mass is 296 g/mol. The van der Waals surface area contributed by atoms with Gasteiger partial charge in [0, 0.05) is 10.9 Å². The summed E-state index contributed by atoms with van der Waals surface area (Å²) in [5, 5.41) is 8.59. The van der Waals surface area contributed by atoms with Crippen LogP contribution in [0.4, 0.5) is 5.69 Å². The Morgan fingerprint density at radius 3 is 2.47 bits per heavy atom. The van der Waals surface area contributed by atoms with E-state index in [1.54, 1.807) is 0 Å². The first-order chi connectivity index (χ1) is 8.85. The largest absolute Gasteiger partial charge is 0.316 e. The SMILES string of the molecule is Cc1cc(C)cc(N2C(=N)SC3CS(=O)(=O)CC32)c1. The van der Waals surface area contributed by atoms with Gasteiger partial charge in [0.25, 0.3) is 0 Å². The van der Waals surface area contributed by atoms with E-state index in [1.165, 1.54) is 11.8 Å². The quantitative estimate of drug-likeness (QED) is 0.860. The summed E-state index contributed by atoms with van der Waals surface area (Å²) in [6.45, 7) is 4.04. The maximum absolute atomic E-state index is 11.8. The van der Waals surface area contributed by atoms with Crippen LogP contribution in [0.25, 0.3) is 0 Å². The third-order valence-electron chi connectivity index (χ3n) is 3.57. The van der Waals surface area contributed by atoms with Gasteiger partial charge in [-0.1, -0.05) is 17.8 Å². The normalized spacial score (nSPS) is 28.7. The zero-order chi connectivity index (χ0) is 13.8. The first-order valence-electron chi connectivity index (χ1n) is 6.19. The van der Waals surface area contributed by atoms with Gasteiger partial charge in [0.1, 0.15) is 0 Å². The van der Waals surface area contributed by atoms with Crippen molar-refractivity contribution in [3.8, 4) is 0 Å². The van der Waals surface area contributed by atoms with Crippen molar-refractivity contribution in [3.63, 3.8) is 0 Å². The fourth-order valence-corrected chi connectivity index (χ4v) is 6.69. The standard InChI is InChI=1S/C13H16N2O2S2/c1-8-3-9(2)5-10(4-8)15-11-6-19(16,17)7-12(11)18-13(15)14/h3-5,11-12,14H,6-7H2,1-2H3. The topological polar surface area (TPSA) is 61.2 Å². The molecule has 19 heavy (non-hydrogen) atoms. The van der Waals surface area contributed by atoms with Crippen LogP contribution in [-0.2, 0) is 9.84 Å². The predicted molar refractivity (Wildman–Crippen MR) is 79.9 cm³/mol. The minimum atomic E-state index is -2.95. The van der Waals surface area contributed by atoms with E-state index in [9.17, 15) is 8.42 Å². The maximum Gasteiger partial charge on any atom is 0.161 e. The number of nitrogens with one attached hydrogen (secondary N) is 1. The zero-order valence-electron chi connectivity index (χ0n) is 10.9. The minimum Gasteiger partial charge on any atom is -0.316 e. The van der Waals surface area contributed by atoms with Crippen LogP contribution in [-0.4, -0.2) is 36.4 Å². The second-order valence-corrected chi connectivity index (χ2v) is 8.70. The lowest BCUT2D eigenvalue weighted by Crippen LogP contribution is -2.37. The Labute approximate surface area is 117 Å². The van der Waals surface area contributed by atoms with Crippen molar-refractivity contribution in [1.82, 2.24) is 0 Å². The zero-order valence-corrected chi connectivity index (χ0v) is 12.5. The van der Waals surface area contributed by atoms with E-state index >= 15 is 0 Å². The Morgan fingerprint density at radius 1 is 1.21 bits per heavy atom. The summed E-state index contributed by atoms with van der Waals surface area (Å²) in [5.41, 5.74) is 3.22. The van der Waals surface area contributed by atoms with Crippen LogP contribution in [0.15, 0.2) is 18.2 Å². The second kappa shape index (κ2) is 4.24. The molecule has 0 amide bonds. The number of thioether (sulfide) groups is 1. The number of hydrogen-bond acceptors (Lipinski definition) is 4. The fourth-order valence-electron chi connectivity index (χ4n) is 2.90. The summed E-state index contributed by atoms with van der Waals surface area (Å²) < 4.78 is 23.5. The highest BCUT2D eigenvalue weighted by molar-refractivity contribution is 8.15. The summed E-state index contributed by atoms with van der Waals surface area (Å²) in [7, 11) is -2.95. The molecule has 2 aliphatic rings. The van der Waals surface area contributed by atoms with Gasteiger partial charge in [-0.25, -0.2) is 8.42 Å². The van der Waals surface area contributed by atoms with Crippen LogP contribution in [0.2, 0.25) is 0 Å². The first-order valence-corrected chi connectivity index (χ1v) is 8.89. The molecule has 2 fully saturated rings. The highest BCUT2D eigenvalue weighted by Gasteiger charge is 2.48. The van der Waals surface area contributed by atoms with Gasteiger partial charge >= 0.3 is 0 Å². The van der Waals surface area contributed by atoms with Crippen LogP contribution >= 0.6 is 11.8 Å². The Morgan fingerprint density at radius 2 is 1.84 bits per heavy atom. The molecule has 0 aromatic heterocycles. The van der Waals surface area contributed by atoms with Gasteiger partial charge in [0.05, 0.1) is 17.5 Å². The van der Waals surface area contributed by atoms with E-state index in [1.807, 2.05) is 30.9 Å². The predicted octanol–water partition coefficient (Wildman–Crippen LogP) is 1.96. The highest BCUT2D eigenvalue weighted by Crippen LogP contribution is 2.40. The lowest BCUT2D eigenvalue weighted by atomic mass is 10.1. The Bertz CT molecular complexity index is 634. The van der Waals surface area contributed by atoms with E-state index in [4.69, 9.17) is 5.41 Å². The molecule has 2 aliphatic heterocycles. The van der Waals surface area contributed by atoms with Crippen molar-refractivity contribution in [2.45, 2.75) is 25.1 Å². The molecule has 4 nitrogen and oxygen atoms in total. The van der Waals surface area contributed by atoms with Gasteiger partial charge in [0.2, 0.25) is 0 Å². The number of aryl methyl sites for hydroxylation is 2. The van der Waals surface area contributed by atoms with Gasteiger partial charge < -0.3 is 4.90 Å². The second-order valence-electron chi connectivity index (χ2n) is 5.32. The average molecular weight is 296 g/mol. The molecule has 0 aliphatic carbocycles. The molecule has 2 heterocycles. The van der Waals surface area contributed by atoms with Crippen LogP contribution in [0.1, 0.15) is 11.1 Å². The number of amidine groups is 1. The van der Waals surface area contributed by atoms with Crippen LogP contribution in [0.5, 0.6) is 0 Å². The molecule has 102 valence electrons. The van der Waals surface area contributed by atoms with Crippen molar-refractivity contribution < 1.29 is 8.42 Å². The molecular weight excluding hydrogens is 280 g/mol. The van der Waals surface area contributed by atoms with Crippen LogP contribution in [0.3, 0.4) is 0 Å². The van der Waals surface area contributed by atoms with Crippen molar-refractivity contribution in [2.24, 2.45) is 0 Å². The third kappa shape index (κ3) is 2.27. The molecule has 0 saturated carbocycles. The number of benzene rings is 1. The molecular formula is C13H16N2O2S2. The van der Waals surface area contributed by atoms with Crippen LogP contribution < -0.4 is 4.90 Å². The first kappa shape index (κ1) is 13.0. The molecule has 2 atom stereocenters. The number of sulfone groups is 1. The summed E-state index contributed by atoms with van der Waals surface area (Å²) in [5.74, 6) is 0.367. The number of anilines is 1. The lowest BCUT2D eigenvalue weighted by Gasteiger charge is -2.24. The molecule has 3 rings (SSSR count). The van der Waals surface area contributed by atoms with Gasteiger partial charge in [-0.2, -0.15) is 0 Å². The number of rotatable bonds is 1. The average Bonchev–Trinajstić information content (AvgIpc) is 2.66. The van der Waals surface area contributed by atoms with Gasteiger partial charge in [0.15, 0.2) is 15.0 Å². The Hall–Kier alpha value is -1.01. The van der Waals surface area contributed by atoms with Gasteiger partial charge in [-0.05, 0) is 37.1 Å². The summed E-state index contributed by atoms with van der Waals surface area (Å²) in [6.07, 6.45) is 0. The summed E-state index contributed by atoms with van der Waals surface area (Å²) in [6, 6.07) is 6.05. The Balaban J connectivity index is 2.02. The molecule has 0 spiro atoms. The van der Waals surface area contributed by atoms with Gasteiger partial charge in [-0.15, -0.1) is 0 Å². The summed E-state index contributed by atoms with van der Waals surface area (Å²) >= 11 is 1.38. The van der Waals surface area contributed by atoms with Crippen molar-refractivity contribution in [3.05, 3.63) is 29.3 Å².